The summed E-state index contributed by atoms with van der Waals surface area (Å²) in [7, 11) is -2.98. The molecule has 2 saturated heterocycles. The molecule has 0 spiro atoms. The van der Waals surface area contributed by atoms with Gasteiger partial charge < -0.3 is 5.32 Å². The summed E-state index contributed by atoms with van der Waals surface area (Å²) in [6.07, 6.45) is 2.48. The molecule has 88 valence electrons. The van der Waals surface area contributed by atoms with Crippen molar-refractivity contribution in [2.45, 2.75) is 12.5 Å². The molecule has 1 N–H and O–H groups in total. The van der Waals surface area contributed by atoms with E-state index in [4.69, 9.17) is 0 Å². The summed E-state index contributed by atoms with van der Waals surface area (Å²) in [6, 6.07) is 0.617. The van der Waals surface area contributed by atoms with E-state index in [2.05, 4.69) is 10.2 Å². The quantitative estimate of drug-likeness (QED) is 0.659. The van der Waals surface area contributed by atoms with Crippen LogP contribution in [0.4, 0.5) is 0 Å². The summed E-state index contributed by atoms with van der Waals surface area (Å²) < 4.78 is 24.2. The Bertz CT molecular complexity index is 303. The fourth-order valence-electron chi connectivity index (χ4n) is 2.35. The standard InChI is InChI=1S/C9H19N3O2S/c1-15(13,14)12-6-4-11(5-7-12)9-2-3-10-8-9/h9-10H,2-8H2,1H3/t9-/m1/s1. The lowest BCUT2D eigenvalue weighted by Gasteiger charge is -2.36. The fourth-order valence-corrected chi connectivity index (χ4v) is 3.18. The third kappa shape index (κ3) is 2.69. The van der Waals surface area contributed by atoms with E-state index >= 15 is 0 Å². The van der Waals surface area contributed by atoms with Gasteiger partial charge in [0.1, 0.15) is 0 Å². The SMILES string of the molecule is CS(=O)(=O)N1CCN([C@@H]2CCNC2)CC1. The van der Waals surface area contributed by atoms with Crippen molar-refractivity contribution >= 4 is 10.0 Å². The third-order valence-electron chi connectivity index (χ3n) is 3.29. The maximum absolute atomic E-state index is 11.3. The van der Waals surface area contributed by atoms with Gasteiger partial charge in [0, 0.05) is 38.8 Å². The van der Waals surface area contributed by atoms with Crippen molar-refractivity contribution in [1.29, 1.82) is 0 Å². The van der Waals surface area contributed by atoms with Crippen molar-refractivity contribution in [2.75, 3.05) is 45.5 Å². The number of sulfonamides is 1. The van der Waals surface area contributed by atoms with Crippen molar-refractivity contribution in [3.05, 3.63) is 0 Å². The van der Waals surface area contributed by atoms with E-state index in [9.17, 15) is 8.42 Å². The molecule has 0 aromatic heterocycles. The summed E-state index contributed by atoms with van der Waals surface area (Å²) in [5, 5.41) is 3.34. The van der Waals surface area contributed by atoms with Gasteiger partial charge in [-0.25, -0.2) is 8.42 Å². The summed E-state index contributed by atoms with van der Waals surface area (Å²) in [5.41, 5.74) is 0. The van der Waals surface area contributed by atoms with Gasteiger partial charge in [0.2, 0.25) is 10.0 Å². The van der Waals surface area contributed by atoms with Crippen LogP contribution in [-0.4, -0.2) is 69.2 Å². The normalized spacial score (nSPS) is 30.9. The predicted molar refractivity (Wildman–Crippen MR) is 59.3 cm³/mol. The molecule has 0 aliphatic carbocycles. The Balaban J connectivity index is 1.86. The summed E-state index contributed by atoms with van der Waals surface area (Å²) in [6.45, 7) is 5.19. The summed E-state index contributed by atoms with van der Waals surface area (Å²) >= 11 is 0. The molecule has 1 atom stereocenters. The highest BCUT2D eigenvalue weighted by Gasteiger charge is 2.28. The zero-order valence-electron chi connectivity index (χ0n) is 9.15. The molecule has 2 heterocycles. The van der Waals surface area contributed by atoms with E-state index in [-0.39, 0.29) is 0 Å². The highest BCUT2D eigenvalue weighted by molar-refractivity contribution is 7.88. The van der Waals surface area contributed by atoms with Gasteiger partial charge in [0.05, 0.1) is 6.26 Å². The van der Waals surface area contributed by atoms with Crippen LogP contribution >= 0.6 is 0 Å². The zero-order valence-corrected chi connectivity index (χ0v) is 9.96. The molecular weight excluding hydrogens is 214 g/mol. The Morgan fingerprint density at radius 2 is 1.87 bits per heavy atom. The first-order valence-corrected chi connectivity index (χ1v) is 7.32. The first-order valence-electron chi connectivity index (χ1n) is 5.47. The van der Waals surface area contributed by atoms with Gasteiger partial charge >= 0.3 is 0 Å². The van der Waals surface area contributed by atoms with Crippen molar-refractivity contribution in [3.63, 3.8) is 0 Å². The van der Waals surface area contributed by atoms with E-state index in [1.54, 1.807) is 4.31 Å². The first kappa shape index (κ1) is 11.3. The van der Waals surface area contributed by atoms with Gasteiger partial charge in [-0.2, -0.15) is 4.31 Å². The van der Waals surface area contributed by atoms with E-state index in [1.165, 1.54) is 12.7 Å². The smallest absolute Gasteiger partial charge is 0.211 e. The van der Waals surface area contributed by atoms with Crippen LogP contribution in [0.5, 0.6) is 0 Å². The second-order valence-electron chi connectivity index (χ2n) is 4.34. The van der Waals surface area contributed by atoms with E-state index in [0.29, 0.717) is 19.1 Å². The second-order valence-corrected chi connectivity index (χ2v) is 6.33. The topological polar surface area (TPSA) is 52.7 Å². The molecule has 6 heteroatoms. The molecule has 2 rings (SSSR count). The lowest BCUT2D eigenvalue weighted by atomic mass is 10.2. The highest BCUT2D eigenvalue weighted by Crippen LogP contribution is 2.13. The van der Waals surface area contributed by atoms with Crippen molar-refractivity contribution < 1.29 is 8.42 Å². The van der Waals surface area contributed by atoms with Gasteiger partial charge in [0.15, 0.2) is 0 Å². The van der Waals surface area contributed by atoms with E-state index < -0.39 is 10.0 Å². The predicted octanol–water partition coefficient (Wildman–Crippen LogP) is -1.07. The first-order chi connectivity index (χ1) is 7.07. The van der Waals surface area contributed by atoms with Crippen LogP contribution in [0.15, 0.2) is 0 Å². The zero-order chi connectivity index (χ0) is 10.9. The van der Waals surface area contributed by atoms with Crippen molar-refractivity contribution in [3.8, 4) is 0 Å². The summed E-state index contributed by atoms with van der Waals surface area (Å²) in [4.78, 5) is 2.40. The molecule has 15 heavy (non-hydrogen) atoms. The van der Waals surface area contributed by atoms with Crippen LogP contribution in [0.3, 0.4) is 0 Å². The molecule has 2 fully saturated rings. The molecule has 0 aromatic rings. The van der Waals surface area contributed by atoms with E-state index in [1.807, 2.05) is 0 Å². The molecular formula is C9H19N3O2S. The van der Waals surface area contributed by atoms with Gasteiger partial charge in [-0.3, -0.25) is 4.90 Å². The van der Waals surface area contributed by atoms with E-state index in [0.717, 1.165) is 26.2 Å². The van der Waals surface area contributed by atoms with Crippen LogP contribution in [0.2, 0.25) is 0 Å². The summed E-state index contributed by atoms with van der Waals surface area (Å²) in [5.74, 6) is 0. The number of hydrogen-bond acceptors (Lipinski definition) is 4. The second kappa shape index (κ2) is 4.37. The maximum atomic E-state index is 11.3. The molecule has 0 saturated carbocycles. The lowest BCUT2D eigenvalue weighted by molar-refractivity contribution is 0.146. The molecule has 0 amide bonds. The third-order valence-corrected chi connectivity index (χ3v) is 4.60. The number of nitrogens with one attached hydrogen (secondary N) is 1. The molecule has 0 aromatic carbocycles. The number of hydrogen-bond donors (Lipinski definition) is 1. The van der Waals surface area contributed by atoms with Crippen LogP contribution in [0, 0.1) is 0 Å². The highest BCUT2D eigenvalue weighted by atomic mass is 32.2. The van der Waals surface area contributed by atoms with Crippen LogP contribution < -0.4 is 5.32 Å². The largest absolute Gasteiger partial charge is 0.315 e. The van der Waals surface area contributed by atoms with Crippen LogP contribution in [0.25, 0.3) is 0 Å². The van der Waals surface area contributed by atoms with Crippen LogP contribution in [-0.2, 0) is 10.0 Å². The Kier molecular flexibility index (Phi) is 3.30. The van der Waals surface area contributed by atoms with Gasteiger partial charge in [0.25, 0.3) is 0 Å². The Hall–Kier alpha value is -0.170. The van der Waals surface area contributed by atoms with Gasteiger partial charge in [-0.05, 0) is 13.0 Å². The average molecular weight is 233 g/mol. The number of nitrogens with zero attached hydrogens (tertiary/aromatic N) is 2. The molecule has 0 radical (unpaired) electrons. The Labute approximate surface area is 91.5 Å². The maximum Gasteiger partial charge on any atom is 0.211 e. The molecule has 2 aliphatic rings. The molecule has 2 aliphatic heterocycles. The Morgan fingerprint density at radius 3 is 2.33 bits per heavy atom. The molecule has 5 nitrogen and oxygen atoms in total. The van der Waals surface area contributed by atoms with Crippen molar-refractivity contribution in [2.24, 2.45) is 0 Å². The van der Waals surface area contributed by atoms with Gasteiger partial charge in [-0.1, -0.05) is 0 Å². The molecule has 0 unspecified atom stereocenters. The average Bonchev–Trinajstić information content (AvgIpc) is 2.69. The van der Waals surface area contributed by atoms with Crippen molar-refractivity contribution in [1.82, 2.24) is 14.5 Å². The van der Waals surface area contributed by atoms with Crippen LogP contribution in [0.1, 0.15) is 6.42 Å². The fraction of sp³-hybridized carbons (Fsp3) is 1.00. The number of piperazine rings is 1. The monoisotopic (exact) mass is 233 g/mol. The number of rotatable bonds is 2. The lowest BCUT2D eigenvalue weighted by Crippen LogP contribution is -2.52. The van der Waals surface area contributed by atoms with Gasteiger partial charge in [-0.15, -0.1) is 0 Å². The minimum absolute atomic E-state index is 0.617. The Morgan fingerprint density at radius 1 is 1.20 bits per heavy atom. The molecule has 0 bridgehead atoms. The minimum atomic E-state index is -2.98. The minimum Gasteiger partial charge on any atom is -0.315 e.